The largest absolute Gasteiger partial charge is 0.508 e. The zero-order valence-corrected chi connectivity index (χ0v) is 49.3. The Morgan fingerprint density at radius 2 is 0.889 bits per heavy atom. The molecule has 5 aromatic rings. The van der Waals surface area contributed by atoms with Gasteiger partial charge in [-0.15, -0.1) is 0 Å². The van der Waals surface area contributed by atoms with Crippen LogP contribution >= 0.6 is 46.4 Å². The van der Waals surface area contributed by atoms with Gasteiger partial charge in [0, 0.05) is 113 Å². The molecule has 23 heteroatoms. The van der Waals surface area contributed by atoms with Crippen LogP contribution in [0, 0.1) is 27.7 Å². The van der Waals surface area contributed by atoms with E-state index in [2.05, 4.69) is 24.8 Å². The highest BCUT2D eigenvalue weighted by Gasteiger charge is 2.18. The lowest BCUT2D eigenvalue weighted by atomic mass is 10.1. The van der Waals surface area contributed by atoms with Crippen molar-refractivity contribution in [3.8, 4) is 28.7 Å². The Morgan fingerprint density at radius 1 is 0.519 bits per heavy atom. The molecule has 0 unspecified atom stereocenters. The van der Waals surface area contributed by atoms with Gasteiger partial charge in [-0.2, -0.15) is 0 Å². The third-order valence-electron chi connectivity index (χ3n) is 12.8. The number of amides is 1. The molecule has 0 bridgehead atoms. The summed E-state index contributed by atoms with van der Waals surface area (Å²) in [4.78, 5) is 52.5. The Bertz CT molecular complexity index is 2820. The summed E-state index contributed by atoms with van der Waals surface area (Å²) >= 11 is 24.2. The second-order valence-electron chi connectivity index (χ2n) is 18.4. The lowest BCUT2D eigenvalue weighted by Crippen LogP contribution is -2.38. The number of carbonyl (C=O) groups excluding carboxylic acids is 3. The topological polar surface area (TPSA) is 214 Å². The number of methoxy groups -OCH3 is 2. The summed E-state index contributed by atoms with van der Waals surface area (Å²) in [6.45, 7) is 21.3. The molecular formula is C58H70Cl4N4O15. The number of halogens is 4. The molecule has 0 saturated carbocycles. The summed E-state index contributed by atoms with van der Waals surface area (Å²) in [6, 6.07) is 21.3. The number of esters is 2. The maximum Gasteiger partial charge on any atom is 0.417 e. The lowest BCUT2D eigenvalue weighted by Gasteiger charge is -2.26. The Kier molecular flexibility index (Phi) is 27.9. The number of phenols is 1. The Morgan fingerprint density at radius 3 is 1.30 bits per heavy atom. The van der Waals surface area contributed by atoms with Crippen LogP contribution in [0.4, 0.5) is 10.5 Å². The number of carboxylic acid groups (broad SMARTS) is 1. The molecule has 440 valence electrons. The fourth-order valence-electron chi connectivity index (χ4n) is 7.81. The molecule has 5 aromatic carbocycles. The molecule has 1 amide bonds. The molecule has 8 rings (SSSR count). The maximum absolute atomic E-state index is 12.1. The van der Waals surface area contributed by atoms with Gasteiger partial charge in [-0.05, 0) is 82.3 Å². The standard InChI is InChI=1S/C20H23ClN2O4.C15H20ClNO4.C14H18ClNO4.C9H9ClO3/c1-15-18(21)13-16(22-20(24)27-17-5-3-2-4-6-17)14-19(15)26-12-9-23-7-10-25-11-8-23;1-11-13(16)9-12(15(18)19-2)10-14(11)21-8-5-17-3-6-20-7-4-17;1-10-12(15)8-11(14(17)18)9-13(10)20-7-4-16-2-5-19-6-3-16;1-5-7(10)3-6(4-8(5)11)9(12)13-2/h2-6,13-14H,7-12H2,1H3,(H,22,24);9-10H,3-8H2,1-2H3;8-9H,2-7H2,1H3,(H,17,18);3-4,11H,1-2H3. The molecule has 0 spiro atoms. The first kappa shape index (κ1) is 65.7. The minimum Gasteiger partial charge on any atom is -0.508 e. The second-order valence-corrected chi connectivity index (χ2v) is 20.0. The molecule has 3 N–H and O–H groups in total. The number of nitrogens with zero attached hydrogens (tertiary/aromatic N) is 3. The number of nitrogens with one attached hydrogen (secondary N) is 1. The van der Waals surface area contributed by atoms with Crippen LogP contribution in [0.25, 0.3) is 0 Å². The molecule has 0 aliphatic carbocycles. The molecule has 3 heterocycles. The highest BCUT2D eigenvalue weighted by Crippen LogP contribution is 2.32. The van der Waals surface area contributed by atoms with Crippen molar-refractivity contribution in [2.45, 2.75) is 27.7 Å². The monoisotopic (exact) mass is 1200 g/mol. The van der Waals surface area contributed by atoms with E-state index in [9.17, 15) is 24.3 Å². The Balaban J connectivity index is 0.000000204. The summed E-state index contributed by atoms with van der Waals surface area (Å²) in [6.07, 6.45) is -0.583. The van der Waals surface area contributed by atoms with Crippen molar-refractivity contribution in [3.63, 3.8) is 0 Å². The summed E-state index contributed by atoms with van der Waals surface area (Å²) < 4.78 is 47.7. The number of carbonyl (C=O) groups is 4. The minimum absolute atomic E-state index is 0.00657. The van der Waals surface area contributed by atoms with Crippen molar-refractivity contribution in [1.29, 1.82) is 0 Å². The van der Waals surface area contributed by atoms with E-state index in [4.69, 9.17) is 89.4 Å². The van der Waals surface area contributed by atoms with Crippen molar-refractivity contribution in [2.24, 2.45) is 0 Å². The Labute approximate surface area is 492 Å². The first-order chi connectivity index (χ1) is 38.9. The van der Waals surface area contributed by atoms with E-state index in [1.807, 2.05) is 26.8 Å². The van der Waals surface area contributed by atoms with Crippen LogP contribution in [0.3, 0.4) is 0 Å². The smallest absolute Gasteiger partial charge is 0.417 e. The fraction of sp³-hybridized carbons (Fsp3) is 0.414. The van der Waals surface area contributed by atoms with Gasteiger partial charge in [0.15, 0.2) is 0 Å². The SMILES string of the molecule is COC(=O)c1cc(Cl)c(C)c(OCCN2CCOCC2)c1.COC(=O)c1cc(O)c(C)c(Cl)c1.Cc1c(Cl)cc(C(=O)O)cc1OCCN1CCOCC1.Cc1c(Cl)cc(NC(=O)Oc2ccccc2)cc1OCCN1CCOCC1. The number of benzene rings is 5. The van der Waals surface area contributed by atoms with Crippen molar-refractivity contribution < 1.29 is 72.0 Å². The van der Waals surface area contributed by atoms with Gasteiger partial charge in [0.05, 0.1) is 70.6 Å². The van der Waals surface area contributed by atoms with Crippen LogP contribution in [0.1, 0.15) is 53.3 Å². The van der Waals surface area contributed by atoms with Crippen LogP contribution in [0.15, 0.2) is 78.9 Å². The molecule has 3 aliphatic rings. The predicted octanol–water partition coefficient (Wildman–Crippen LogP) is 10.3. The highest BCUT2D eigenvalue weighted by molar-refractivity contribution is 6.33. The predicted molar refractivity (Wildman–Crippen MR) is 310 cm³/mol. The van der Waals surface area contributed by atoms with E-state index in [1.54, 1.807) is 55.5 Å². The quantitative estimate of drug-likeness (QED) is 0.0739. The Hall–Kier alpha value is -6.10. The number of aromatic hydroxyl groups is 1. The maximum atomic E-state index is 12.1. The van der Waals surface area contributed by atoms with Crippen LogP contribution in [0.2, 0.25) is 20.1 Å². The van der Waals surface area contributed by atoms with Gasteiger partial charge >= 0.3 is 24.0 Å². The van der Waals surface area contributed by atoms with E-state index in [0.29, 0.717) is 79.7 Å². The van der Waals surface area contributed by atoms with Crippen LogP contribution in [-0.4, -0.2) is 181 Å². The van der Waals surface area contributed by atoms with Crippen molar-refractivity contribution in [1.82, 2.24) is 14.7 Å². The zero-order valence-electron chi connectivity index (χ0n) is 46.3. The number of aromatic carboxylic acids is 1. The van der Waals surface area contributed by atoms with E-state index >= 15 is 0 Å². The average Bonchev–Trinajstić information content (AvgIpc) is 3.47. The second kappa shape index (κ2) is 34.4. The molecule has 0 aromatic heterocycles. The molecule has 19 nitrogen and oxygen atoms in total. The van der Waals surface area contributed by atoms with Gasteiger partial charge in [0.2, 0.25) is 0 Å². The van der Waals surface area contributed by atoms with Crippen molar-refractivity contribution in [3.05, 3.63) is 138 Å². The van der Waals surface area contributed by atoms with E-state index in [-0.39, 0.29) is 16.9 Å². The summed E-state index contributed by atoms with van der Waals surface area (Å²) in [5, 5.41) is 22.8. The minimum atomic E-state index is -1.01. The molecule has 0 atom stereocenters. The number of rotatable bonds is 17. The van der Waals surface area contributed by atoms with Gasteiger partial charge in [-0.3, -0.25) is 20.0 Å². The average molecular weight is 1210 g/mol. The highest BCUT2D eigenvalue weighted by atomic mass is 35.5. The number of morpholine rings is 3. The third-order valence-corrected chi connectivity index (χ3v) is 14.4. The van der Waals surface area contributed by atoms with Crippen LogP contribution in [0.5, 0.6) is 28.7 Å². The lowest BCUT2D eigenvalue weighted by molar-refractivity contribution is 0.0321. The fourth-order valence-corrected chi connectivity index (χ4v) is 8.66. The van der Waals surface area contributed by atoms with Crippen LogP contribution < -0.4 is 24.3 Å². The zero-order chi connectivity index (χ0) is 58.8. The normalized spacial score (nSPS) is 14.5. The first-order valence-corrected chi connectivity index (χ1v) is 27.5. The number of para-hydroxylation sites is 1. The first-order valence-electron chi connectivity index (χ1n) is 26.0. The van der Waals surface area contributed by atoms with Crippen LogP contribution in [-0.2, 0) is 23.7 Å². The molecule has 3 saturated heterocycles. The van der Waals surface area contributed by atoms with Gasteiger partial charge in [-0.1, -0.05) is 64.6 Å². The van der Waals surface area contributed by atoms with E-state index < -0.39 is 24.0 Å². The van der Waals surface area contributed by atoms with Gasteiger partial charge < -0.3 is 52.8 Å². The van der Waals surface area contributed by atoms with Gasteiger partial charge in [0.1, 0.15) is 48.6 Å². The number of hydrogen-bond donors (Lipinski definition) is 3. The molecule has 3 fully saturated rings. The number of carboxylic acids is 1. The number of anilines is 1. The van der Waals surface area contributed by atoms with E-state index in [0.717, 1.165) is 115 Å². The molecule has 3 aliphatic heterocycles. The molecular weight excluding hydrogens is 1130 g/mol. The van der Waals surface area contributed by atoms with Crippen molar-refractivity contribution in [2.75, 3.05) is 138 Å². The van der Waals surface area contributed by atoms with E-state index in [1.165, 1.54) is 38.5 Å². The molecule has 81 heavy (non-hydrogen) atoms. The number of hydrogen-bond acceptors (Lipinski definition) is 17. The molecule has 0 radical (unpaired) electrons. The van der Waals surface area contributed by atoms with Gasteiger partial charge in [-0.25, -0.2) is 19.2 Å². The van der Waals surface area contributed by atoms with Crippen molar-refractivity contribution >= 4 is 76.1 Å². The van der Waals surface area contributed by atoms with Gasteiger partial charge in [0.25, 0.3) is 0 Å². The number of phenolic OH excluding ortho intramolecular Hbond substituents is 1. The summed E-state index contributed by atoms with van der Waals surface area (Å²) in [5.41, 5.74) is 4.28. The summed E-state index contributed by atoms with van der Waals surface area (Å²) in [5.74, 6) is 0.310. The summed E-state index contributed by atoms with van der Waals surface area (Å²) in [7, 11) is 2.61. The third kappa shape index (κ3) is 22.0. The number of ether oxygens (including phenoxy) is 9.